The Hall–Kier alpha value is -2.34. The van der Waals surface area contributed by atoms with E-state index in [4.69, 9.17) is 11.6 Å². The van der Waals surface area contributed by atoms with Crippen molar-refractivity contribution in [3.8, 4) is 0 Å². The molecule has 2 aliphatic rings. The van der Waals surface area contributed by atoms with Gasteiger partial charge >= 0.3 is 0 Å². The Labute approximate surface area is 177 Å². The van der Waals surface area contributed by atoms with Gasteiger partial charge in [0.2, 0.25) is 0 Å². The van der Waals surface area contributed by atoms with E-state index in [-0.39, 0.29) is 5.91 Å². The van der Waals surface area contributed by atoms with Gasteiger partial charge in [0.05, 0.1) is 0 Å². The number of halogens is 1. The molecule has 0 saturated carbocycles. The fraction of sp³-hybridized carbons (Fsp3) is 0.500. The zero-order valence-electron chi connectivity index (χ0n) is 16.7. The summed E-state index contributed by atoms with van der Waals surface area (Å²) in [6, 6.07) is 7.50. The van der Waals surface area contributed by atoms with E-state index in [9.17, 15) is 4.79 Å². The van der Waals surface area contributed by atoms with Crippen molar-refractivity contribution in [1.29, 1.82) is 0 Å². The standard InChI is InChI=1S/C22H28ClN5O/c23-19-14-18(15-21(26-19)28-11-5-6-12-28)22(29)25-16-17-7-8-24-20(13-17)27-9-3-1-2-4-10-27/h7-8,13-15H,1-6,9-12,16H2,(H,25,29). The molecule has 0 unspecified atom stereocenters. The van der Waals surface area contributed by atoms with Crippen LogP contribution in [0.15, 0.2) is 30.5 Å². The highest BCUT2D eigenvalue weighted by atomic mass is 35.5. The van der Waals surface area contributed by atoms with Gasteiger partial charge in [-0.25, -0.2) is 9.97 Å². The Morgan fingerprint density at radius 2 is 1.59 bits per heavy atom. The van der Waals surface area contributed by atoms with Crippen LogP contribution in [0.2, 0.25) is 5.15 Å². The van der Waals surface area contributed by atoms with Crippen molar-refractivity contribution in [3.05, 3.63) is 46.7 Å². The minimum absolute atomic E-state index is 0.136. The van der Waals surface area contributed by atoms with Gasteiger partial charge in [-0.1, -0.05) is 24.4 Å². The van der Waals surface area contributed by atoms with Crippen molar-refractivity contribution in [3.63, 3.8) is 0 Å². The van der Waals surface area contributed by atoms with Crippen LogP contribution in [0.1, 0.15) is 54.4 Å². The van der Waals surface area contributed by atoms with Gasteiger partial charge in [-0.15, -0.1) is 0 Å². The second kappa shape index (κ2) is 9.44. The maximum Gasteiger partial charge on any atom is 0.251 e. The van der Waals surface area contributed by atoms with E-state index in [1.807, 2.05) is 18.3 Å². The second-order valence-corrected chi connectivity index (χ2v) is 8.22. The number of anilines is 2. The van der Waals surface area contributed by atoms with Gasteiger partial charge in [-0.05, 0) is 55.5 Å². The Kier molecular flexibility index (Phi) is 6.49. The highest BCUT2D eigenvalue weighted by molar-refractivity contribution is 6.29. The number of hydrogen-bond donors (Lipinski definition) is 1. The number of amides is 1. The van der Waals surface area contributed by atoms with Gasteiger partial charge in [-0.2, -0.15) is 0 Å². The molecule has 1 amide bonds. The molecule has 2 aromatic rings. The number of pyridine rings is 2. The molecule has 1 N–H and O–H groups in total. The van der Waals surface area contributed by atoms with Crippen LogP contribution in [0.4, 0.5) is 11.6 Å². The molecule has 2 fully saturated rings. The van der Waals surface area contributed by atoms with Crippen LogP contribution in [0.5, 0.6) is 0 Å². The highest BCUT2D eigenvalue weighted by Gasteiger charge is 2.17. The third-order valence-electron chi connectivity index (χ3n) is 5.67. The fourth-order valence-corrected chi connectivity index (χ4v) is 4.25. The molecule has 6 nitrogen and oxygen atoms in total. The molecule has 2 aliphatic heterocycles. The lowest BCUT2D eigenvalue weighted by Gasteiger charge is -2.21. The lowest BCUT2D eigenvalue weighted by atomic mass is 10.2. The lowest BCUT2D eigenvalue weighted by molar-refractivity contribution is 0.0951. The minimum atomic E-state index is -0.136. The summed E-state index contributed by atoms with van der Waals surface area (Å²) in [5.41, 5.74) is 1.60. The van der Waals surface area contributed by atoms with Crippen LogP contribution in [0, 0.1) is 0 Å². The molecule has 2 aromatic heterocycles. The van der Waals surface area contributed by atoms with Gasteiger partial charge in [0.15, 0.2) is 0 Å². The summed E-state index contributed by atoms with van der Waals surface area (Å²) in [4.78, 5) is 26.2. The largest absolute Gasteiger partial charge is 0.357 e. The first kappa shape index (κ1) is 20.0. The molecule has 29 heavy (non-hydrogen) atoms. The van der Waals surface area contributed by atoms with Crippen LogP contribution in [0.3, 0.4) is 0 Å². The predicted molar refractivity (Wildman–Crippen MR) is 117 cm³/mol. The van der Waals surface area contributed by atoms with E-state index in [0.717, 1.165) is 56.2 Å². The van der Waals surface area contributed by atoms with Gasteiger partial charge in [0.25, 0.3) is 5.91 Å². The van der Waals surface area contributed by atoms with Crippen LogP contribution in [0.25, 0.3) is 0 Å². The van der Waals surface area contributed by atoms with Gasteiger partial charge in [0, 0.05) is 44.5 Å². The lowest BCUT2D eigenvalue weighted by Crippen LogP contribution is -2.26. The molecule has 7 heteroatoms. The molecule has 2 saturated heterocycles. The average Bonchev–Trinajstić information content (AvgIpc) is 3.14. The molecule has 4 heterocycles. The molecule has 0 spiro atoms. The summed E-state index contributed by atoms with van der Waals surface area (Å²) in [6.07, 6.45) is 9.14. The number of carbonyl (C=O) groups excluding carboxylic acids is 1. The van der Waals surface area contributed by atoms with Crippen LogP contribution in [-0.2, 0) is 6.54 Å². The summed E-state index contributed by atoms with van der Waals surface area (Å²) in [6.45, 7) is 4.49. The molecule has 4 rings (SSSR count). The van der Waals surface area contributed by atoms with E-state index in [2.05, 4.69) is 31.2 Å². The Morgan fingerprint density at radius 1 is 0.931 bits per heavy atom. The first-order valence-electron chi connectivity index (χ1n) is 10.6. The first-order valence-corrected chi connectivity index (χ1v) is 11.0. The summed E-state index contributed by atoms with van der Waals surface area (Å²) >= 11 is 6.18. The third kappa shape index (κ3) is 5.18. The molecule has 0 bridgehead atoms. The topological polar surface area (TPSA) is 61.4 Å². The summed E-state index contributed by atoms with van der Waals surface area (Å²) in [5.74, 6) is 1.65. The van der Waals surface area contributed by atoms with Crippen molar-refractivity contribution in [2.75, 3.05) is 36.0 Å². The number of nitrogens with zero attached hydrogens (tertiary/aromatic N) is 4. The average molecular weight is 414 g/mol. The second-order valence-electron chi connectivity index (χ2n) is 7.84. The third-order valence-corrected chi connectivity index (χ3v) is 5.86. The fourth-order valence-electron chi connectivity index (χ4n) is 4.05. The summed E-state index contributed by atoms with van der Waals surface area (Å²) in [5, 5.41) is 3.37. The van der Waals surface area contributed by atoms with Crippen molar-refractivity contribution >= 4 is 29.1 Å². The van der Waals surface area contributed by atoms with Crippen molar-refractivity contribution in [2.24, 2.45) is 0 Å². The smallest absolute Gasteiger partial charge is 0.251 e. The van der Waals surface area contributed by atoms with Crippen molar-refractivity contribution in [2.45, 2.75) is 45.1 Å². The number of rotatable bonds is 5. The normalized spacial score (nSPS) is 17.3. The molecular weight excluding hydrogens is 386 g/mol. The van der Waals surface area contributed by atoms with E-state index >= 15 is 0 Å². The summed E-state index contributed by atoms with van der Waals surface area (Å²) in [7, 11) is 0. The van der Waals surface area contributed by atoms with E-state index in [1.54, 1.807) is 6.07 Å². The Bertz CT molecular complexity index is 845. The highest BCUT2D eigenvalue weighted by Crippen LogP contribution is 2.22. The monoisotopic (exact) mass is 413 g/mol. The van der Waals surface area contributed by atoms with Gasteiger partial charge < -0.3 is 15.1 Å². The van der Waals surface area contributed by atoms with Gasteiger partial charge in [-0.3, -0.25) is 4.79 Å². The maximum absolute atomic E-state index is 12.7. The molecule has 0 atom stereocenters. The van der Waals surface area contributed by atoms with E-state index in [0.29, 0.717) is 17.3 Å². The Balaban J connectivity index is 1.41. The molecule has 0 aliphatic carbocycles. The zero-order valence-corrected chi connectivity index (χ0v) is 17.5. The zero-order chi connectivity index (χ0) is 20.1. The number of nitrogens with one attached hydrogen (secondary N) is 1. The maximum atomic E-state index is 12.7. The predicted octanol–water partition coefficient (Wildman–Crippen LogP) is 4.04. The molecule has 0 radical (unpaired) electrons. The minimum Gasteiger partial charge on any atom is -0.357 e. The van der Waals surface area contributed by atoms with E-state index < -0.39 is 0 Å². The SMILES string of the molecule is O=C(NCc1ccnc(N2CCCCCC2)c1)c1cc(Cl)nc(N2CCCC2)c1. The van der Waals surface area contributed by atoms with E-state index in [1.165, 1.54) is 25.7 Å². The molecule has 0 aromatic carbocycles. The van der Waals surface area contributed by atoms with Crippen LogP contribution < -0.4 is 15.1 Å². The molecular formula is C22H28ClN5O. The Morgan fingerprint density at radius 3 is 2.31 bits per heavy atom. The number of carbonyl (C=O) groups is 1. The van der Waals surface area contributed by atoms with Crippen LogP contribution in [-0.4, -0.2) is 42.1 Å². The number of hydrogen-bond acceptors (Lipinski definition) is 5. The van der Waals surface area contributed by atoms with Crippen LogP contribution >= 0.6 is 11.6 Å². The number of aromatic nitrogens is 2. The van der Waals surface area contributed by atoms with Crippen molar-refractivity contribution in [1.82, 2.24) is 15.3 Å². The first-order chi connectivity index (χ1) is 14.2. The van der Waals surface area contributed by atoms with Gasteiger partial charge in [0.1, 0.15) is 16.8 Å². The quantitative estimate of drug-likeness (QED) is 0.749. The summed E-state index contributed by atoms with van der Waals surface area (Å²) < 4.78 is 0. The molecule has 154 valence electrons. The van der Waals surface area contributed by atoms with Crippen molar-refractivity contribution < 1.29 is 4.79 Å².